The topological polar surface area (TPSA) is 48.4 Å². The summed E-state index contributed by atoms with van der Waals surface area (Å²) in [6.07, 6.45) is 0.724. The van der Waals surface area contributed by atoms with Crippen LogP contribution >= 0.6 is 38.9 Å². The van der Waals surface area contributed by atoms with Crippen LogP contribution in [-0.4, -0.2) is 24.2 Å². The minimum atomic E-state index is -0.273. The molecule has 0 saturated heterocycles. The Morgan fingerprint density at radius 3 is 3.26 bits per heavy atom. The maximum atomic E-state index is 11.3. The zero-order valence-electron chi connectivity index (χ0n) is 9.91. The van der Waals surface area contributed by atoms with Gasteiger partial charge in [-0.3, -0.25) is 4.79 Å². The van der Waals surface area contributed by atoms with Crippen molar-refractivity contribution in [1.29, 1.82) is 0 Å². The van der Waals surface area contributed by atoms with E-state index in [1.165, 1.54) is 18.4 Å². The Hall–Kier alpha value is -0.850. The molecule has 2 aromatic rings. The van der Waals surface area contributed by atoms with E-state index in [-0.39, 0.29) is 18.5 Å². The molecule has 1 aliphatic heterocycles. The summed E-state index contributed by atoms with van der Waals surface area (Å²) in [5, 5.41) is 0.564. The van der Waals surface area contributed by atoms with Crippen LogP contribution in [0.2, 0.25) is 5.02 Å². The van der Waals surface area contributed by atoms with Gasteiger partial charge < -0.3 is 9.47 Å². The van der Waals surface area contributed by atoms with Crippen molar-refractivity contribution in [3.63, 3.8) is 0 Å². The molecular formula is C12H9BrClNO3S. The van der Waals surface area contributed by atoms with Crippen molar-refractivity contribution in [3.05, 3.63) is 20.6 Å². The summed E-state index contributed by atoms with van der Waals surface area (Å²) in [5.41, 5.74) is 1.84. The third kappa shape index (κ3) is 2.32. The number of rotatable bonds is 2. The zero-order chi connectivity index (χ0) is 13.6. The van der Waals surface area contributed by atoms with E-state index in [2.05, 4.69) is 25.7 Å². The smallest absolute Gasteiger partial charge is 0.309 e. The highest BCUT2D eigenvalue weighted by molar-refractivity contribution is 9.11. The number of halogens is 2. The fourth-order valence-corrected chi connectivity index (χ4v) is 3.99. The number of nitrogens with zero attached hydrogens (tertiary/aromatic N) is 1. The first kappa shape index (κ1) is 13.1. The molecule has 0 fully saturated rings. The van der Waals surface area contributed by atoms with Crippen molar-refractivity contribution in [2.75, 3.05) is 7.11 Å². The van der Waals surface area contributed by atoms with Crippen molar-refractivity contribution >= 4 is 55.1 Å². The van der Waals surface area contributed by atoms with Crippen molar-refractivity contribution < 1.29 is 14.3 Å². The van der Waals surface area contributed by atoms with Crippen LogP contribution in [0.25, 0.3) is 10.2 Å². The van der Waals surface area contributed by atoms with E-state index in [9.17, 15) is 4.79 Å². The Bertz CT molecular complexity index is 673. The van der Waals surface area contributed by atoms with Crippen LogP contribution < -0.4 is 4.74 Å². The van der Waals surface area contributed by atoms with Crippen LogP contribution in [0.3, 0.4) is 0 Å². The molecule has 0 radical (unpaired) electrons. The highest BCUT2D eigenvalue weighted by Gasteiger charge is 2.29. The summed E-state index contributed by atoms with van der Waals surface area (Å²) in [5.74, 6) is 0.466. The van der Waals surface area contributed by atoms with E-state index in [0.29, 0.717) is 11.4 Å². The number of methoxy groups -OCH3 is 1. The standard InChI is InChI=1S/C12H9BrClNO3S/c1-17-9(16)3-5-2-6-8(18-5)4-7(14)10-11(6)19-12(13)15-10/h4-5H,2-3H2,1H3. The lowest BCUT2D eigenvalue weighted by Gasteiger charge is -2.08. The molecule has 1 atom stereocenters. The number of benzene rings is 1. The number of carbonyl (C=O) groups excluding carboxylic acids is 1. The minimum absolute atomic E-state index is 0.190. The first-order valence-corrected chi connectivity index (χ1v) is 7.58. The van der Waals surface area contributed by atoms with E-state index in [1.54, 1.807) is 6.07 Å². The molecule has 7 heteroatoms. The molecule has 0 aliphatic carbocycles. The Balaban J connectivity index is 1.98. The summed E-state index contributed by atoms with van der Waals surface area (Å²) in [4.78, 5) is 15.7. The Morgan fingerprint density at radius 2 is 2.53 bits per heavy atom. The number of hydrogen-bond donors (Lipinski definition) is 0. The Morgan fingerprint density at radius 1 is 1.74 bits per heavy atom. The van der Waals surface area contributed by atoms with Crippen LogP contribution in [0.5, 0.6) is 5.75 Å². The van der Waals surface area contributed by atoms with Gasteiger partial charge in [0, 0.05) is 18.1 Å². The predicted molar refractivity (Wildman–Crippen MR) is 77.1 cm³/mol. The zero-order valence-corrected chi connectivity index (χ0v) is 13.1. The van der Waals surface area contributed by atoms with Crippen LogP contribution in [-0.2, 0) is 16.0 Å². The monoisotopic (exact) mass is 361 g/mol. The lowest BCUT2D eigenvalue weighted by molar-refractivity contribution is -0.142. The van der Waals surface area contributed by atoms with Crippen LogP contribution in [0.1, 0.15) is 12.0 Å². The number of esters is 1. The van der Waals surface area contributed by atoms with Gasteiger partial charge in [0.1, 0.15) is 17.4 Å². The van der Waals surface area contributed by atoms with E-state index in [0.717, 1.165) is 25.4 Å². The van der Waals surface area contributed by atoms with E-state index in [4.69, 9.17) is 16.3 Å². The Labute approximate surface area is 126 Å². The molecule has 1 aliphatic rings. The van der Waals surface area contributed by atoms with Crippen molar-refractivity contribution in [2.24, 2.45) is 0 Å². The van der Waals surface area contributed by atoms with Crippen LogP contribution in [0.4, 0.5) is 0 Å². The van der Waals surface area contributed by atoms with Gasteiger partial charge >= 0.3 is 5.97 Å². The minimum Gasteiger partial charge on any atom is -0.489 e. The second kappa shape index (κ2) is 4.92. The molecular weight excluding hydrogens is 354 g/mol. The molecule has 0 saturated carbocycles. The van der Waals surface area contributed by atoms with Gasteiger partial charge in [-0.25, -0.2) is 4.98 Å². The largest absolute Gasteiger partial charge is 0.489 e. The molecule has 0 amide bonds. The molecule has 100 valence electrons. The van der Waals surface area contributed by atoms with Gasteiger partial charge in [0.15, 0.2) is 3.92 Å². The van der Waals surface area contributed by atoms with E-state index < -0.39 is 0 Å². The molecule has 0 N–H and O–H groups in total. The van der Waals surface area contributed by atoms with Gasteiger partial charge in [-0.15, -0.1) is 11.3 Å². The van der Waals surface area contributed by atoms with Crippen molar-refractivity contribution in [1.82, 2.24) is 4.98 Å². The lowest BCUT2D eigenvalue weighted by Crippen LogP contribution is -2.18. The van der Waals surface area contributed by atoms with Crippen LogP contribution in [0.15, 0.2) is 9.98 Å². The van der Waals surface area contributed by atoms with E-state index >= 15 is 0 Å². The van der Waals surface area contributed by atoms with Gasteiger partial charge in [-0.05, 0) is 15.9 Å². The van der Waals surface area contributed by atoms with E-state index in [1.807, 2.05) is 0 Å². The van der Waals surface area contributed by atoms with Gasteiger partial charge in [0.05, 0.1) is 23.3 Å². The second-order valence-electron chi connectivity index (χ2n) is 4.20. The summed E-state index contributed by atoms with van der Waals surface area (Å²) in [6.45, 7) is 0. The summed E-state index contributed by atoms with van der Waals surface area (Å²) in [6, 6.07) is 1.77. The quantitative estimate of drug-likeness (QED) is 0.766. The molecule has 0 spiro atoms. The number of ether oxygens (including phenoxy) is 2. The average Bonchev–Trinajstić information content (AvgIpc) is 2.92. The SMILES string of the molecule is COC(=O)CC1Cc2c(cc(Cl)c3nc(Br)sc23)O1. The first-order valence-electron chi connectivity index (χ1n) is 5.59. The summed E-state index contributed by atoms with van der Waals surface area (Å²) >= 11 is 11.1. The number of carbonyl (C=O) groups is 1. The summed E-state index contributed by atoms with van der Waals surface area (Å²) in [7, 11) is 1.37. The number of aromatic nitrogens is 1. The van der Waals surface area contributed by atoms with Gasteiger partial charge in [0.2, 0.25) is 0 Å². The van der Waals surface area contributed by atoms with Crippen molar-refractivity contribution in [3.8, 4) is 5.75 Å². The highest BCUT2D eigenvalue weighted by Crippen LogP contribution is 2.43. The fraction of sp³-hybridized carbons (Fsp3) is 0.333. The number of thiazole rings is 1. The van der Waals surface area contributed by atoms with Crippen LogP contribution in [0, 0.1) is 0 Å². The predicted octanol–water partition coefficient (Wildman–Crippen LogP) is 3.58. The second-order valence-corrected chi connectivity index (χ2v) is 6.89. The first-order chi connectivity index (χ1) is 9.08. The molecule has 4 nitrogen and oxygen atoms in total. The molecule has 1 unspecified atom stereocenters. The third-order valence-electron chi connectivity index (χ3n) is 3.00. The normalized spacial score (nSPS) is 17.3. The maximum absolute atomic E-state index is 11.3. The maximum Gasteiger partial charge on any atom is 0.309 e. The lowest BCUT2D eigenvalue weighted by atomic mass is 10.1. The highest BCUT2D eigenvalue weighted by atomic mass is 79.9. The fourth-order valence-electron chi connectivity index (χ4n) is 2.17. The van der Waals surface area contributed by atoms with Gasteiger partial charge in [-0.1, -0.05) is 11.6 Å². The average molecular weight is 363 g/mol. The molecule has 3 rings (SSSR count). The summed E-state index contributed by atoms with van der Waals surface area (Å²) < 4.78 is 12.2. The van der Waals surface area contributed by atoms with Gasteiger partial charge in [-0.2, -0.15) is 0 Å². The molecule has 1 aromatic carbocycles. The van der Waals surface area contributed by atoms with Crippen molar-refractivity contribution in [2.45, 2.75) is 18.9 Å². The molecule has 19 heavy (non-hydrogen) atoms. The van der Waals surface area contributed by atoms with Gasteiger partial charge in [0.25, 0.3) is 0 Å². The molecule has 0 bridgehead atoms. The molecule has 2 heterocycles. The Kier molecular flexibility index (Phi) is 3.41. The number of fused-ring (bicyclic) bond motifs is 3. The number of hydrogen-bond acceptors (Lipinski definition) is 5. The third-order valence-corrected chi connectivity index (χ3v) is 4.86. The molecule has 1 aromatic heterocycles.